The van der Waals surface area contributed by atoms with Crippen molar-refractivity contribution in [2.45, 2.75) is 25.9 Å². The summed E-state index contributed by atoms with van der Waals surface area (Å²) in [5.74, 6) is 1.41. The van der Waals surface area contributed by atoms with E-state index in [1.165, 1.54) is 12.8 Å². The summed E-state index contributed by atoms with van der Waals surface area (Å²) >= 11 is 12.6. The van der Waals surface area contributed by atoms with E-state index in [9.17, 15) is 4.79 Å². The second kappa shape index (κ2) is 9.49. The van der Waals surface area contributed by atoms with Gasteiger partial charge in [0.1, 0.15) is 0 Å². The van der Waals surface area contributed by atoms with Crippen molar-refractivity contribution in [2.75, 3.05) is 27.2 Å². The molecule has 0 spiro atoms. The zero-order valence-corrected chi connectivity index (χ0v) is 19.2. The van der Waals surface area contributed by atoms with Gasteiger partial charge in [0, 0.05) is 16.1 Å². The Balaban J connectivity index is 1.84. The molecule has 3 aromatic rings. The van der Waals surface area contributed by atoms with E-state index in [-0.39, 0.29) is 5.78 Å². The minimum atomic E-state index is -0.181. The van der Waals surface area contributed by atoms with E-state index in [0.717, 1.165) is 24.7 Å². The average Bonchev–Trinajstić information content (AvgIpc) is 3.38. The molecule has 1 saturated heterocycles. The predicted octanol–water partition coefficient (Wildman–Crippen LogP) is 4.46. The zero-order chi connectivity index (χ0) is 22.0. The number of ketones is 1. The lowest BCUT2D eigenvalue weighted by molar-refractivity contribution is 0.103. The third-order valence-corrected chi connectivity index (χ3v) is 5.95. The molecule has 2 heterocycles. The van der Waals surface area contributed by atoms with E-state index in [4.69, 9.17) is 23.2 Å². The van der Waals surface area contributed by atoms with Crippen LogP contribution in [0.4, 0.5) is 0 Å². The van der Waals surface area contributed by atoms with Crippen molar-refractivity contribution in [3.63, 3.8) is 0 Å². The maximum atomic E-state index is 13.5. The summed E-state index contributed by atoms with van der Waals surface area (Å²) in [5, 5.41) is 9.86. The summed E-state index contributed by atoms with van der Waals surface area (Å²) in [4.78, 5) is 17.9. The first kappa shape index (κ1) is 22.0. The van der Waals surface area contributed by atoms with Gasteiger partial charge in [-0.3, -0.25) is 14.3 Å². The van der Waals surface area contributed by atoms with Crippen LogP contribution < -0.4 is 0 Å². The molecule has 0 saturated carbocycles. The largest absolute Gasteiger partial charge is 0.302 e. The molecule has 4 rings (SSSR count). The summed E-state index contributed by atoms with van der Waals surface area (Å²) in [6.45, 7) is 3.36. The molecule has 0 bridgehead atoms. The Bertz CT molecular complexity index is 1090. The topological polar surface area (TPSA) is 54.3 Å². The molecule has 0 atom stereocenters. The van der Waals surface area contributed by atoms with Crippen LogP contribution in [0.5, 0.6) is 0 Å². The van der Waals surface area contributed by atoms with Crippen molar-refractivity contribution in [3.8, 4) is 5.69 Å². The molecular formula is C23H25Cl2N5O. The summed E-state index contributed by atoms with van der Waals surface area (Å²) < 4.78 is 2.00. The molecule has 0 amide bonds. The van der Waals surface area contributed by atoms with E-state index in [1.54, 1.807) is 36.4 Å². The molecule has 1 aromatic heterocycles. The molecular weight excluding hydrogens is 433 g/mol. The Labute approximate surface area is 192 Å². The molecule has 0 unspecified atom stereocenters. The molecule has 1 aliphatic rings. The first-order valence-corrected chi connectivity index (χ1v) is 11.1. The summed E-state index contributed by atoms with van der Waals surface area (Å²) in [6.07, 6.45) is 2.38. The van der Waals surface area contributed by atoms with E-state index in [1.807, 2.05) is 29.6 Å². The normalized spacial score (nSPS) is 14.5. The monoisotopic (exact) mass is 457 g/mol. The standard InChI is InChI=1S/C23H25Cl2N5O/c1-28(2)14-21-26-27-22(15-29-11-5-6-12-29)30(21)20-10-9-16(24)13-18(20)23(31)17-7-3-4-8-19(17)25/h3-4,7-10,13H,5-6,11-12,14-15H2,1-2H3. The van der Waals surface area contributed by atoms with Crippen LogP contribution in [-0.2, 0) is 13.1 Å². The minimum Gasteiger partial charge on any atom is -0.302 e. The molecule has 1 aliphatic heterocycles. The smallest absolute Gasteiger partial charge is 0.196 e. The highest BCUT2D eigenvalue weighted by molar-refractivity contribution is 6.35. The predicted molar refractivity (Wildman–Crippen MR) is 123 cm³/mol. The van der Waals surface area contributed by atoms with Crippen molar-refractivity contribution < 1.29 is 4.79 Å². The third-order valence-electron chi connectivity index (χ3n) is 5.38. The van der Waals surface area contributed by atoms with Crippen LogP contribution in [0.25, 0.3) is 5.69 Å². The van der Waals surface area contributed by atoms with Crippen molar-refractivity contribution >= 4 is 29.0 Å². The molecule has 162 valence electrons. The lowest BCUT2D eigenvalue weighted by Gasteiger charge is -2.19. The van der Waals surface area contributed by atoms with Crippen LogP contribution in [0.15, 0.2) is 42.5 Å². The Morgan fingerprint density at radius 3 is 2.42 bits per heavy atom. The number of halogens is 2. The van der Waals surface area contributed by atoms with Crippen molar-refractivity contribution in [2.24, 2.45) is 0 Å². The van der Waals surface area contributed by atoms with E-state index in [2.05, 4.69) is 15.1 Å². The average molecular weight is 458 g/mol. The first-order valence-electron chi connectivity index (χ1n) is 10.3. The number of hydrogen-bond acceptors (Lipinski definition) is 5. The molecule has 8 heteroatoms. The van der Waals surface area contributed by atoms with E-state index in [0.29, 0.717) is 39.9 Å². The van der Waals surface area contributed by atoms with E-state index >= 15 is 0 Å². The molecule has 31 heavy (non-hydrogen) atoms. The minimum absolute atomic E-state index is 0.181. The van der Waals surface area contributed by atoms with Gasteiger partial charge < -0.3 is 4.90 Å². The molecule has 0 radical (unpaired) electrons. The van der Waals surface area contributed by atoms with Gasteiger partial charge in [0.05, 0.1) is 23.8 Å². The fourth-order valence-corrected chi connectivity index (χ4v) is 4.33. The van der Waals surface area contributed by atoms with Crippen LogP contribution >= 0.6 is 23.2 Å². The Morgan fingerprint density at radius 2 is 1.71 bits per heavy atom. The number of carbonyl (C=O) groups is 1. The van der Waals surface area contributed by atoms with Gasteiger partial charge in [0.25, 0.3) is 0 Å². The maximum absolute atomic E-state index is 13.5. The van der Waals surface area contributed by atoms with Crippen LogP contribution in [-0.4, -0.2) is 57.5 Å². The molecule has 6 nitrogen and oxygen atoms in total. The van der Waals surface area contributed by atoms with Gasteiger partial charge in [0.2, 0.25) is 0 Å². The van der Waals surface area contributed by atoms with Crippen LogP contribution in [0.3, 0.4) is 0 Å². The van der Waals surface area contributed by atoms with Crippen molar-refractivity contribution in [3.05, 3.63) is 75.3 Å². The van der Waals surface area contributed by atoms with Crippen LogP contribution in [0, 0.1) is 0 Å². The van der Waals surface area contributed by atoms with Gasteiger partial charge in [-0.2, -0.15) is 0 Å². The summed E-state index contributed by atoms with van der Waals surface area (Å²) in [5.41, 5.74) is 1.63. The lowest BCUT2D eigenvalue weighted by atomic mass is 10.0. The van der Waals surface area contributed by atoms with Gasteiger partial charge in [-0.1, -0.05) is 35.3 Å². The SMILES string of the molecule is CN(C)Cc1nnc(CN2CCCC2)n1-c1ccc(Cl)cc1C(=O)c1ccccc1Cl. The Hall–Kier alpha value is -2.25. The number of benzene rings is 2. The van der Waals surface area contributed by atoms with Crippen LogP contribution in [0.1, 0.15) is 40.4 Å². The highest BCUT2D eigenvalue weighted by Crippen LogP contribution is 2.28. The van der Waals surface area contributed by atoms with Gasteiger partial charge in [-0.25, -0.2) is 0 Å². The lowest BCUT2D eigenvalue weighted by Crippen LogP contribution is -2.23. The fraction of sp³-hybridized carbons (Fsp3) is 0.348. The van der Waals surface area contributed by atoms with Crippen molar-refractivity contribution in [1.29, 1.82) is 0 Å². The number of rotatable bonds is 7. The Kier molecular flexibility index (Phi) is 6.72. The number of nitrogens with zero attached hydrogens (tertiary/aromatic N) is 5. The second-order valence-electron chi connectivity index (χ2n) is 8.06. The van der Waals surface area contributed by atoms with Crippen molar-refractivity contribution in [1.82, 2.24) is 24.6 Å². The van der Waals surface area contributed by atoms with Gasteiger partial charge in [0.15, 0.2) is 17.4 Å². The maximum Gasteiger partial charge on any atom is 0.196 e. The summed E-state index contributed by atoms with van der Waals surface area (Å²) in [6, 6.07) is 12.4. The quantitative estimate of drug-likeness (QED) is 0.490. The van der Waals surface area contributed by atoms with Crippen LogP contribution in [0.2, 0.25) is 10.0 Å². The number of aromatic nitrogens is 3. The molecule has 0 N–H and O–H groups in total. The zero-order valence-electron chi connectivity index (χ0n) is 17.7. The third kappa shape index (κ3) is 4.83. The van der Waals surface area contributed by atoms with Gasteiger partial charge in [-0.05, 0) is 70.4 Å². The number of carbonyl (C=O) groups excluding carboxylic acids is 1. The molecule has 2 aromatic carbocycles. The van der Waals surface area contributed by atoms with Gasteiger partial charge >= 0.3 is 0 Å². The molecule has 1 fully saturated rings. The highest BCUT2D eigenvalue weighted by Gasteiger charge is 2.24. The van der Waals surface area contributed by atoms with Gasteiger partial charge in [-0.15, -0.1) is 10.2 Å². The highest BCUT2D eigenvalue weighted by atomic mass is 35.5. The Morgan fingerprint density at radius 1 is 1.00 bits per heavy atom. The van der Waals surface area contributed by atoms with E-state index < -0.39 is 0 Å². The number of hydrogen-bond donors (Lipinski definition) is 0. The second-order valence-corrected chi connectivity index (χ2v) is 8.90. The molecule has 0 aliphatic carbocycles. The fourth-order valence-electron chi connectivity index (χ4n) is 3.94. The summed E-state index contributed by atoms with van der Waals surface area (Å²) in [7, 11) is 3.97. The number of likely N-dealkylation sites (tertiary alicyclic amines) is 1. The first-order chi connectivity index (χ1) is 14.9.